The Hall–Kier alpha value is -0.790. The van der Waals surface area contributed by atoms with Gasteiger partial charge in [0.15, 0.2) is 0 Å². The normalized spacial score (nSPS) is 8.73. The van der Waals surface area contributed by atoms with Gasteiger partial charge in [0.25, 0.3) is 0 Å². The predicted molar refractivity (Wildman–Crippen MR) is 48.6 cm³/mol. The standard InChI is InChI=1S/C7H12N2.C2H6/c1-3-5-9-6-4-7(2)8-9;1-2/h4,6H,3,5H2,1-2H3;1-2H3. The molecule has 0 aliphatic carbocycles. The average Bonchev–Trinajstić information content (AvgIpc) is 2.41. The fourth-order valence-corrected chi connectivity index (χ4v) is 0.817. The Morgan fingerprint density at radius 1 is 1.45 bits per heavy atom. The zero-order chi connectivity index (χ0) is 8.69. The zero-order valence-corrected chi connectivity index (χ0v) is 7.96. The maximum Gasteiger partial charge on any atom is 0.0593 e. The van der Waals surface area contributed by atoms with Gasteiger partial charge in [-0.25, -0.2) is 0 Å². The van der Waals surface area contributed by atoms with E-state index < -0.39 is 0 Å². The molecule has 0 saturated heterocycles. The lowest BCUT2D eigenvalue weighted by molar-refractivity contribution is 0.598. The summed E-state index contributed by atoms with van der Waals surface area (Å²) in [5.41, 5.74) is 1.10. The number of nitrogens with zero attached hydrogens (tertiary/aromatic N) is 2. The summed E-state index contributed by atoms with van der Waals surface area (Å²) < 4.78 is 1.97. The highest BCUT2D eigenvalue weighted by molar-refractivity contribution is 4.94. The molecule has 0 N–H and O–H groups in total. The number of hydrogen-bond donors (Lipinski definition) is 0. The SMILES string of the molecule is CC.CCCn1ccc(C)n1. The maximum absolute atomic E-state index is 4.22. The van der Waals surface area contributed by atoms with E-state index in [1.165, 1.54) is 0 Å². The minimum Gasteiger partial charge on any atom is -0.273 e. The Balaban J connectivity index is 0.000000461. The third kappa shape index (κ3) is 3.81. The van der Waals surface area contributed by atoms with Gasteiger partial charge in [-0.15, -0.1) is 0 Å². The van der Waals surface area contributed by atoms with Crippen molar-refractivity contribution in [1.29, 1.82) is 0 Å². The van der Waals surface area contributed by atoms with E-state index in [-0.39, 0.29) is 0 Å². The fraction of sp³-hybridized carbons (Fsp3) is 0.667. The first-order valence-electron chi connectivity index (χ1n) is 4.33. The van der Waals surface area contributed by atoms with Crippen molar-refractivity contribution in [2.75, 3.05) is 0 Å². The van der Waals surface area contributed by atoms with Crippen molar-refractivity contribution in [3.63, 3.8) is 0 Å². The van der Waals surface area contributed by atoms with Crippen LogP contribution in [-0.2, 0) is 6.54 Å². The Bertz CT molecular complexity index is 179. The summed E-state index contributed by atoms with van der Waals surface area (Å²) in [6.45, 7) is 9.19. The van der Waals surface area contributed by atoms with Crippen LogP contribution in [0.15, 0.2) is 12.3 Å². The maximum atomic E-state index is 4.22. The molecule has 2 heteroatoms. The van der Waals surface area contributed by atoms with Crippen molar-refractivity contribution in [2.24, 2.45) is 0 Å². The molecule has 0 aliphatic heterocycles. The van der Waals surface area contributed by atoms with Gasteiger partial charge in [0.1, 0.15) is 0 Å². The molecule has 1 heterocycles. The van der Waals surface area contributed by atoms with Gasteiger partial charge in [-0.3, -0.25) is 4.68 Å². The van der Waals surface area contributed by atoms with Gasteiger partial charge in [0, 0.05) is 12.7 Å². The van der Waals surface area contributed by atoms with Gasteiger partial charge >= 0.3 is 0 Å². The second-order valence-electron chi connectivity index (χ2n) is 2.22. The van der Waals surface area contributed by atoms with Crippen LogP contribution in [0.4, 0.5) is 0 Å². The molecule has 1 aromatic heterocycles. The zero-order valence-electron chi connectivity index (χ0n) is 7.96. The van der Waals surface area contributed by atoms with E-state index in [2.05, 4.69) is 12.0 Å². The molecule has 0 radical (unpaired) electrons. The smallest absolute Gasteiger partial charge is 0.0593 e. The Labute approximate surface area is 69.2 Å². The molecule has 0 saturated carbocycles. The minimum atomic E-state index is 1.04. The van der Waals surface area contributed by atoms with Crippen LogP contribution in [0.25, 0.3) is 0 Å². The van der Waals surface area contributed by atoms with E-state index in [1.807, 2.05) is 37.7 Å². The molecule has 64 valence electrons. The predicted octanol–water partition coefficient (Wildman–Crippen LogP) is 2.63. The third-order valence-electron chi connectivity index (χ3n) is 1.23. The van der Waals surface area contributed by atoms with Crippen molar-refractivity contribution in [2.45, 2.75) is 40.7 Å². The molecule has 0 bridgehead atoms. The number of aromatic nitrogens is 2. The molecule has 11 heavy (non-hydrogen) atoms. The molecule has 0 amide bonds. The Kier molecular flexibility index (Phi) is 5.53. The van der Waals surface area contributed by atoms with E-state index in [9.17, 15) is 0 Å². The quantitative estimate of drug-likeness (QED) is 0.640. The minimum absolute atomic E-state index is 1.04. The lowest BCUT2D eigenvalue weighted by atomic mass is 10.5. The van der Waals surface area contributed by atoms with Gasteiger partial charge in [0.2, 0.25) is 0 Å². The summed E-state index contributed by atoms with van der Waals surface area (Å²) in [7, 11) is 0. The summed E-state index contributed by atoms with van der Waals surface area (Å²) >= 11 is 0. The van der Waals surface area contributed by atoms with Crippen molar-refractivity contribution in [3.05, 3.63) is 18.0 Å². The lowest BCUT2D eigenvalue weighted by Crippen LogP contribution is -1.96. The lowest BCUT2D eigenvalue weighted by Gasteiger charge is -1.93. The number of hydrogen-bond acceptors (Lipinski definition) is 1. The van der Waals surface area contributed by atoms with E-state index in [0.717, 1.165) is 18.7 Å². The molecular weight excluding hydrogens is 136 g/mol. The van der Waals surface area contributed by atoms with E-state index in [4.69, 9.17) is 0 Å². The van der Waals surface area contributed by atoms with Crippen molar-refractivity contribution >= 4 is 0 Å². The summed E-state index contributed by atoms with van der Waals surface area (Å²) in [5.74, 6) is 0. The third-order valence-corrected chi connectivity index (χ3v) is 1.23. The van der Waals surface area contributed by atoms with Crippen LogP contribution in [0.5, 0.6) is 0 Å². The van der Waals surface area contributed by atoms with Gasteiger partial charge in [0.05, 0.1) is 5.69 Å². The molecule has 1 rings (SSSR count). The summed E-state index contributed by atoms with van der Waals surface area (Å²) in [6, 6.07) is 2.02. The van der Waals surface area contributed by atoms with Gasteiger partial charge in [-0.2, -0.15) is 5.10 Å². The van der Waals surface area contributed by atoms with Crippen LogP contribution in [0.3, 0.4) is 0 Å². The van der Waals surface area contributed by atoms with Crippen LogP contribution >= 0.6 is 0 Å². The van der Waals surface area contributed by atoms with Crippen molar-refractivity contribution in [1.82, 2.24) is 9.78 Å². The second kappa shape index (κ2) is 5.96. The monoisotopic (exact) mass is 154 g/mol. The molecule has 0 atom stereocenters. The molecule has 1 aromatic rings. The Morgan fingerprint density at radius 3 is 2.45 bits per heavy atom. The molecular formula is C9H18N2. The van der Waals surface area contributed by atoms with Gasteiger partial charge in [-0.05, 0) is 19.4 Å². The molecule has 0 aromatic carbocycles. The first-order chi connectivity index (χ1) is 5.33. The highest BCUT2D eigenvalue weighted by Gasteiger charge is 1.88. The van der Waals surface area contributed by atoms with E-state index in [1.54, 1.807) is 0 Å². The van der Waals surface area contributed by atoms with Crippen molar-refractivity contribution in [3.8, 4) is 0 Å². The molecule has 0 aliphatic rings. The van der Waals surface area contributed by atoms with Crippen LogP contribution < -0.4 is 0 Å². The highest BCUT2D eigenvalue weighted by Crippen LogP contribution is 1.92. The van der Waals surface area contributed by atoms with Crippen molar-refractivity contribution < 1.29 is 0 Å². The van der Waals surface area contributed by atoms with Crippen LogP contribution in [0.2, 0.25) is 0 Å². The summed E-state index contributed by atoms with van der Waals surface area (Å²) in [6.07, 6.45) is 3.17. The molecule has 0 fully saturated rings. The summed E-state index contributed by atoms with van der Waals surface area (Å²) in [4.78, 5) is 0. The molecule has 0 spiro atoms. The van der Waals surface area contributed by atoms with Gasteiger partial charge in [-0.1, -0.05) is 20.8 Å². The van der Waals surface area contributed by atoms with E-state index >= 15 is 0 Å². The first-order valence-corrected chi connectivity index (χ1v) is 4.33. The van der Waals surface area contributed by atoms with Crippen LogP contribution in [-0.4, -0.2) is 9.78 Å². The highest BCUT2D eigenvalue weighted by atomic mass is 15.3. The largest absolute Gasteiger partial charge is 0.273 e. The average molecular weight is 154 g/mol. The van der Waals surface area contributed by atoms with Crippen LogP contribution in [0.1, 0.15) is 32.9 Å². The topological polar surface area (TPSA) is 17.8 Å². The van der Waals surface area contributed by atoms with E-state index in [0.29, 0.717) is 0 Å². The first kappa shape index (κ1) is 10.2. The second-order valence-corrected chi connectivity index (χ2v) is 2.22. The summed E-state index contributed by atoms with van der Waals surface area (Å²) in [5, 5.41) is 4.22. The fourth-order valence-electron chi connectivity index (χ4n) is 0.817. The number of rotatable bonds is 2. The van der Waals surface area contributed by atoms with Gasteiger partial charge < -0.3 is 0 Å². The van der Waals surface area contributed by atoms with Crippen LogP contribution in [0, 0.1) is 6.92 Å². The Morgan fingerprint density at radius 2 is 2.09 bits per heavy atom. The molecule has 2 nitrogen and oxygen atoms in total. The number of aryl methyl sites for hydroxylation is 2. The molecule has 0 unspecified atom stereocenters.